The number of benzene rings is 8. The van der Waals surface area contributed by atoms with Gasteiger partial charge in [-0.3, -0.25) is 0 Å². The van der Waals surface area contributed by atoms with E-state index >= 15 is 0 Å². The Balaban J connectivity index is 1.09. The molecule has 272 valence electrons. The molecule has 0 N–H and O–H groups in total. The van der Waals surface area contributed by atoms with Crippen LogP contribution in [0.1, 0.15) is 22.3 Å². The van der Waals surface area contributed by atoms with Gasteiger partial charge in [0.25, 0.3) is 0 Å². The molecular weight excluding hydrogens is 731 g/mol. The summed E-state index contributed by atoms with van der Waals surface area (Å²) in [4.78, 5) is 15.9. The van der Waals surface area contributed by atoms with Crippen LogP contribution in [0.15, 0.2) is 198 Å². The molecule has 5 nitrogen and oxygen atoms in total. The molecule has 58 heavy (non-hydrogen) atoms. The molecule has 0 atom stereocenters. The number of fused-ring (bicyclic) bond motifs is 13. The molecule has 0 unspecified atom stereocenters. The van der Waals surface area contributed by atoms with E-state index in [0.717, 1.165) is 22.3 Å². The first kappa shape index (κ1) is 32.9. The minimum absolute atomic E-state index is 0.261. The molecule has 9 aromatic rings. The van der Waals surface area contributed by atoms with Gasteiger partial charge in [-0.15, -0.1) is 0 Å². The highest BCUT2D eigenvalue weighted by Gasteiger charge is 2.52. The summed E-state index contributed by atoms with van der Waals surface area (Å²) in [6.07, 6.45) is 0. The lowest BCUT2D eigenvalue weighted by molar-refractivity contribution is 0.598. The SMILES string of the molecule is O=S1(=O)c2ccccc2-c2ccc(-c3nc(-c4ccccc4)nc(-c4ccccc4-c4cccc5c4-c4ccccc4C54c5ccccc5-c5ccccc54)n3)cc21. The molecule has 1 spiro atoms. The number of rotatable bonds is 4. The van der Waals surface area contributed by atoms with Gasteiger partial charge in [0.05, 0.1) is 15.2 Å². The standard InChI is InChI=1S/C52H31N3O2S/c56-58(57)46-28-13-9-20-37(46)38-30-29-33(31-47(38)58)50-53-49(32-15-2-1-3-16-32)54-51(55-50)40-21-5-4-17-34(40)39-23-14-27-45-48(39)41-22-8-12-26-44(41)52(45)42-24-10-6-18-35(42)36-19-7-11-25-43(36)52/h1-31H. The molecule has 8 aromatic carbocycles. The molecule has 0 amide bonds. The van der Waals surface area contributed by atoms with Crippen molar-refractivity contribution in [2.45, 2.75) is 15.2 Å². The molecule has 0 radical (unpaired) electrons. The van der Waals surface area contributed by atoms with Gasteiger partial charge in [0.15, 0.2) is 17.5 Å². The average Bonchev–Trinajstić information content (AvgIpc) is 3.85. The molecule has 2 heterocycles. The van der Waals surface area contributed by atoms with E-state index in [4.69, 9.17) is 15.0 Å². The van der Waals surface area contributed by atoms with Gasteiger partial charge in [-0.25, -0.2) is 23.4 Å². The molecule has 0 saturated heterocycles. The lowest BCUT2D eigenvalue weighted by atomic mass is 9.70. The Morgan fingerprint density at radius 1 is 0.328 bits per heavy atom. The predicted molar refractivity (Wildman–Crippen MR) is 229 cm³/mol. The third-order valence-corrected chi connectivity index (χ3v) is 14.0. The number of hydrogen-bond acceptors (Lipinski definition) is 5. The van der Waals surface area contributed by atoms with E-state index in [1.165, 1.54) is 44.5 Å². The number of sulfone groups is 1. The van der Waals surface area contributed by atoms with E-state index in [1.54, 1.807) is 18.2 Å². The Bertz CT molecular complexity index is 3270. The smallest absolute Gasteiger partial charge is 0.207 e. The molecule has 1 aromatic heterocycles. The molecule has 2 aliphatic carbocycles. The summed E-state index contributed by atoms with van der Waals surface area (Å²) in [5.74, 6) is 1.40. The molecular formula is C52H31N3O2S. The lowest BCUT2D eigenvalue weighted by Gasteiger charge is -2.30. The predicted octanol–water partition coefficient (Wildman–Crippen LogP) is 11.7. The van der Waals surface area contributed by atoms with Gasteiger partial charge in [-0.1, -0.05) is 176 Å². The molecule has 6 heteroatoms. The second-order valence-corrected chi connectivity index (χ2v) is 16.9. The van der Waals surface area contributed by atoms with Crippen molar-refractivity contribution >= 4 is 9.84 Å². The normalized spacial score (nSPS) is 14.3. The molecule has 1 aliphatic heterocycles. The van der Waals surface area contributed by atoms with E-state index in [-0.39, 0.29) is 4.90 Å². The number of hydrogen-bond donors (Lipinski definition) is 0. The Labute approximate surface area is 336 Å². The van der Waals surface area contributed by atoms with Crippen LogP contribution in [0.4, 0.5) is 0 Å². The molecule has 0 bridgehead atoms. The van der Waals surface area contributed by atoms with Crippen LogP contribution in [0.2, 0.25) is 0 Å². The highest BCUT2D eigenvalue weighted by atomic mass is 32.2. The van der Waals surface area contributed by atoms with Crippen LogP contribution >= 0.6 is 0 Å². The van der Waals surface area contributed by atoms with Crippen molar-refractivity contribution in [2.24, 2.45) is 0 Å². The largest absolute Gasteiger partial charge is 0.218 e. The van der Waals surface area contributed by atoms with Gasteiger partial charge < -0.3 is 0 Å². The number of nitrogens with zero attached hydrogens (tertiary/aromatic N) is 3. The van der Waals surface area contributed by atoms with Crippen molar-refractivity contribution in [1.82, 2.24) is 15.0 Å². The third kappa shape index (κ3) is 4.40. The summed E-state index contributed by atoms with van der Waals surface area (Å²) in [6.45, 7) is 0. The summed E-state index contributed by atoms with van der Waals surface area (Å²) in [6, 6.07) is 64.0. The van der Waals surface area contributed by atoms with Crippen molar-refractivity contribution in [2.75, 3.05) is 0 Å². The Hall–Kier alpha value is -7.28. The van der Waals surface area contributed by atoms with Crippen molar-refractivity contribution in [3.05, 3.63) is 210 Å². The van der Waals surface area contributed by atoms with Crippen molar-refractivity contribution < 1.29 is 8.42 Å². The van der Waals surface area contributed by atoms with Crippen LogP contribution in [0.5, 0.6) is 0 Å². The first-order valence-electron chi connectivity index (χ1n) is 19.4. The average molecular weight is 762 g/mol. The Morgan fingerprint density at radius 2 is 0.810 bits per heavy atom. The first-order valence-corrected chi connectivity index (χ1v) is 20.8. The van der Waals surface area contributed by atoms with Gasteiger partial charge >= 0.3 is 0 Å². The Morgan fingerprint density at radius 3 is 1.52 bits per heavy atom. The van der Waals surface area contributed by atoms with Crippen LogP contribution in [0.3, 0.4) is 0 Å². The summed E-state index contributed by atoms with van der Waals surface area (Å²) < 4.78 is 27.6. The van der Waals surface area contributed by atoms with Gasteiger partial charge in [-0.05, 0) is 67.8 Å². The van der Waals surface area contributed by atoms with Crippen LogP contribution in [-0.2, 0) is 15.3 Å². The van der Waals surface area contributed by atoms with Crippen LogP contribution in [0.25, 0.3) is 78.7 Å². The van der Waals surface area contributed by atoms with E-state index in [9.17, 15) is 8.42 Å². The summed E-state index contributed by atoms with van der Waals surface area (Å²) in [5.41, 5.74) is 15.3. The number of aromatic nitrogens is 3. The fourth-order valence-electron chi connectivity index (χ4n) is 9.77. The van der Waals surface area contributed by atoms with E-state index in [2.05, 4.69) is 109 Å². The van der Waals surface area contributed by atoms with Crippen LogP contribution in [0, 0.1) is 0 Å². The zero-order chi connectivity index (χ0) is 38.6. The van der Waals surface area contributed by atoms with Crippen molar-refractivity contribution in [3.63, 3.8) is 0 Å². The summed E-state index contributed by atoms with van der Waals surface area (Å²) in [5, 5.41) is 0. The second-order valence-electron chi connectivity index (χ2n) is 15.0. The van der Waals surface area contributed by atoms with Crippen molar-refractivity contribution in [3.8, 4) is 78.7 Å². The lowest BCUT2D eigenvalue weighted by Crippen LogP contribution is -2.25. The quantitative estimate of drug-likeness (QED) is 0.179. The minimum Gasteiger partial charge on any atom is -0.218 e. The highest BCUT2D eigenvalue weighted by Crippen LogP contribution is 2.64. The summed E-state index contributed by atoms with van der Waals surface area (Å²) in [7, 11) is -3.71. The second kappa shape index (κ2) is 12.1. The van der Waals surface area contributed by atoms with Crippen molar-refractivity contribution in [1.29, 1.82) is 0 Å². The molecule has 12 rings (SSSR count). The zero-order valence-electron chi connectivity index (χ0n) is 31.0. The maximum Gasteiger partial charge on any atom is 0.207 e. The molecule has 0 saturated carbocycles. The van der Waals surface area contributed by atoms with Crippen LogP contribution < -0.4 is 0 Å². The van der Waals surface area contributed by atoms with E-state index in [1.807, 2.05) is 60.7 Å². The van der Waals surface area contributed by atoms with Gasteiger partial charge in [0, 0.05) is 27.8 Å². The molecule has 0 fully saturated rings. The van der Waals surface area contributed by atoms with E-state index in [0.29, 0.717) is 39.1 Å². The van der Waals surface area contributed by atoms with Gasteiger partial charge in [0.2, 0.25) is 9.84 Å². The maximum absolute atomic E-state index is 13.8. The first-order chi connectivity index (χ1) is 28.5. The zero-order valence-corrected chi connectivity index (χ0v) is 31.8. The fraction of sp³-hybridized carbons (Fsp3) is 0.0192. The van der Waals surface area contributed by atoms with Crippen LogP contribution in [-0.4, -0.2) is 23.4 Å². The summed E-state index contributed by atoms with van der Waals surface area (Å²) >= 11 is 0. The minimum atomic E-state index is -3.71. The third-order valence-electron chi connectivity index (χ3n) is 12.1. The fourth-order valence-corrected chi connectivity index (χ4v) is 11.5. The van der Waals surface area contributed by atoms with Gasteiger partial charge in [-0.2, -0.15) is 0 Å². The Kier molecular flexibility index (Phi) is 6.87. The molecule has 3 aliphatic rings. The van der Waals surface area contributed by atoms with E-state index < -0.39 is 15.3 Å². The van der Waals surface area contributed by atoms with Gasteiger partial charge in [0.1, 0.15) is 0 Å². The maximum atomic E-state index is 13.8. The topological polar surface area (TPSA) is 72.8 Å². The monoisotopic (exact) mass is 761 g/mol. The highest BCUT2D eigenvalue weighted by molar-refractivity contribution is 7.92.